The summed E-state index contributed by atoms with van der Waals surface area (Å²) in [5, 5.41) is 3.87. The summed E-state index contributed by atoms with van der Waals surface area (Å²) in [6.07, 6.45) is 4.37. The topological polar surface area (TPSA) is 110 Å². The molecule has 0 bridgehead atoms. The number of ether oxygens (including phenoxy) is 1. The molecule has 3 N–H and O–H groups in total. The maximum absolute atomic E-state index is 12.4. The van der Waals surface area contributed by atoms with Crippen LogP contribution in [0.4, 0.5) is 10.6 Å². The van der Waals surface area contributed by atoms with E-state index in [9.17, 15) is 9.59 Å². The number of aryl methyl sites for hydroxylation is 1. The fraction of sp³-hybridized carbons (Fsp3) is 0.538. The van der Waals surface area contributed by atoms with E-state index >= 15 is 0 Å². The normalized spacial score (nSPS) is 19.4. The highest BCUT2D eigenvalue weighted by molar-refractivity contribution is 6.43. The van der Waals surface area contributed by atoms with Crippen LogP contribution < -0.4 is 16.0 Å². The molecule has 36 heavy (non-hydrogen) atoms. The lowest BCUT2D eigenvalue weighted by Crippen LogP contribution is -2.51. The number of aromatic nitrogens is 2. The average molecular weight is 534 g/mol. The van der Waals surface area contributed by atoms with Gasteiger partial charge >= 0.3 is 6.09 Å². The molecule has 2 aromatic rings. The average Bonchev–Trinajstić information content (AvgIpc) is 3.16. The van der Waals surface area contributed by atoms with Crippen molar-refractivity contribution in [2.24, 2.45) is 11.1 Å². The van der Waals surface area contributed by atoms with Gasteiger partial charge in [0.25, 0.3) is 5.91 Å². The first-order valence-electron chi connectivity index (χ1n) is 12.3. The summed E-state index contributed by atoms with van der Waals surface area (Å²) < 4.78 is 5.49. The minimum atomic E-state index is -0.650. The van der Waals surface area contributed by atoms with Gasteiger partial charge in [0.1, 0.15) is 5.60 Å². The quantitative estimate of drug-likeness (QED) is 0.535. The fourth-order valence-electron chi connectivity index (χ4n) is 5.41. The van der Waals surface area contributed by atoms with Gasteiger partial charge in [0, 0.05) is 24.7 Å². The van der Waals surface area contributed by atoms with Gasteiger partial charge in [-0.25, -0.2) is 14.8 Å². The SMILES string of the molecule is Cc1nc(N2CCC3(CCC[C@H]3NC(=O)OC(C)(C)C)CC2)c(C(N)=O)nc1-c1cccc(Cl)c1Cl. The molecule has 8 nitrogen and oxygen atoms in total. The molecule has 1 spiro atoms. The van der Waals surface area contributed by atoms with Crippen molar-refractivity contribution >= 4 is 41.0 Å². The zero-order valence-corrected chi connectivity index (χ0v) is 22.7. The van der Waals surface area contributed by atoms with Crippen LogP contribution in [0.5, 0.6) is 0 Å². The van der Waals surface area contributed by atoms with E-state index in [0.717, 1.165) is 32.1 Å². The number of carbonyl (C=O) groups excluding carboxylic acids is 2. The van der Waals surface area contributed by atoms with E-state index in [1.54, 1.807) is 18.2 Å². The Balaban J connectivity index is 1.55. The van der Waals surface area contributed by atoms with Crippen LogP contribution in [0.15, 0.2) is 18.2 Å². The molecule has 1 aromatic carbocycles. The van der Waals surface area contributed by atoms with Crippen LogP contribution >= 0.6 is 23.2 Å². The van der Waals surface area contributed by atoms with Gasteiger partial charge in [0.15, 0.2) is 11.5 Å². The molecule has 194 valence electrons. The first-order chi connectivity index (χ1) is 16.9. The van der Waals surface area contributed by atoms with E-state index in [2.05, 4.69) is 15.2 Å². The largest absolute Gasteiger partial charge is 0.444 e. The predicted molar refractivity (Wildman–Crippen MR) is 142 cm³/mol. The van der Waals surface area contributed by atoms with E-state index in [-0.39, 0.29) is 23.2 Å². The Kier molecular flexibility index (Phi) is 7.40. The molecular weight excluding hydrogens is 501 g/mol. The van der Waals surface area contributed by atoms with E-state index in [1.807, 2.05) is 27.7 Å². The second kappa shape index (κ2) is 10.1. The highest BCUT2D eigenvalue weighted by Gasteiger charge is 2.46. The molecule has 1 aliphatic carbocycles. The van der Waals surface area contributed by atoms with Crippen molar-refractivity contribution in [3.8, 4) is 11.3 Å². The number of carbonyl (C=O) groups is 2. The number of nitrogens with two attached hydrogens (primary N) is 1. The Bertz CT molecular complexity index is 1170. The Hall–Kier alpha value is -2.58. The van der Waals surface area contributed by atoms with Gasteiger partial charge < -0.3 is 20.7 Å². The summed E-state index contributed by atoms with van der Waals surface area (Å²) in [7, 11) is 0. The van der Waals surface area contributed by atoms with Crippen molar-refractivity contribution in [3.05, 3.63) is 39.6 Å². The van der Waals surface area contributed by atoms with Crippen molar-refractivity contribution in [2.45, 2.75) is 71.4 Å². The molecule has 2 aliphatic rings. The standard InChI is InChI=1S/C26H33Cl2N5O3/c1-15-20(16-7-5-8-17(27)19(16)28)32-21(22(29)34)23(30-15)33-13-11-26(12-14-33)10-6-9-18(26)31-24(35)36-25(2,3)4/h5,7-8,18H,6,9-14H2,1-4H3,(H2,29,34)(H,31,35)/t18-/m1/s1. The molecule has 1 saturated heterocycles. The molecule has 1 saturated carbocycles. The van der Waals surface area contributed by atoms with Gasteiger partial charge in [0.2, 0.25) is 0 Å². The van der Waals surface area contributed by atoms with Crippen molar-refractivity contribution in [2.75, 3.05) is 18.0 Å². The summed E-state index contributed by atoms with van der Waals surface area (Å²) in [5.41, 5.74) is 7.01. The molecule has 2 heterocycles. The van der Waals surface area contributed by atoms with E-state index in [4.69, 9.17) is 38.7 Å². The van der Waals surface area contributed by atoms with Gasteiger partial charge in [0.05, 0.1) is 21.4 Å². The van der Waals surface area contributed by atoms with Gasteiger partial charge in [-0.05, 0) is 64.9 Å². The summed E-state index contributed by atoms with van der Waals surface area (Å²) in [4.78, 5) is 36.3. The monoisotopic (exact) mass is 533 g/mol. The number of benzene rings is 1. The summed E-state index contributed by atoms with van der Waals surface area (Å²) in [6.45, 7) is 8.77. The van der Waals surface area contributed by atoms with Crippen molar-refractivity contribution < 1.29 is 14.3 Å². The van der Waals surface area contributed by atoms with Crippen molar-refractivity contribution in [1.29, 1.82) is 0 Å². The molecule has 4 rings (SSSR count). The molecule has 10 heteroatoms. The Morgan fingerprint density at radius 1 is 1.17 bits per heavy atom. The lowest BCUT2D eigenvalue weighted by Gasteiger charge is -2.44. The molecule has 1 atom stereocenters. The van der Waals surface area contributed by atoms with Gasteiger partial charge in [-0.1, -0.05) is 41.8 Å². The number of nitrogens with zero attached hydrogens (tertiary/aromatic N) is 3. The van der Waals surface area contributed by atoms with Crippen LogP contribution in [0.1, 0.15) is 69.1 Å². The van der Waals surface area contributed by atoms with Crippen molar-refractivity contribution in [1.82, 2.24) is 15.3 Å². The molecule has 2 amide bonds. The maximum atomic E-state index is 12.4. The van der Waals surface area contributed by atoms with Gasteiger partial charge in [-0.3, -0.25) is 4.79 Å². The van der Waals surface area contributed by atoms with Crippen LogP contribution in [0.2, 0.25) is 10.0 Å². The maximum Gasteiger partial charge on any atom is 0.407 e. The smallest absolute Gasteiger partial charge is 0.407 e. The molecule has 0 radical (unpaired) electrons. The summed E-state index contributed by atoms with van der Waals surface area (Å²) in [5.74, 6) is -0.172. The number of hydrogen-bond acceptors (Lipinski definition) is 6. The second-order valence-electron chi connectivity index (χ2n) is 10.7. The number of rotatable bonds is 4. The van der Waals surface area contributed by atoms with E-state index < -0.39 is 11.5 Å². The van der Waals surface area contributed by atoms with Gasteiger partial charge in [-0.2, -0.15) is 0 Å². The number of primary amides is 1. The molecule has 2 fully saturated rings. The number of piperidine rings is 1. The minimum Gasteiger partial charge on any atom is -0.444 e. The Morgan fingerprint density at radius 2 is 1.86 bits per heavy atom. The molecule has 0 unspecified atom stereocenters. The summed E-state index contributed by atoms with van der Waals surface area (Å²) in [6, 6.07) is 5.32. The van der Waals surface area contributed by atoms with Crippen LogP contribution in [-0.4, -0.2) is 46.7 Å². The number of amides is 2. The minimum absolute atomic E-state index is 0.00296. The molecule has 1 aliphatic heterocycles. The highest BCUT2D eigenvalue weighted by atomic mass is 35.5. The number of halogens is 2. The zero-order valence-electron chi connectivity index (χ0n) is 21.2. The van der Waals surface area contributed by atoms with E-state index in [0.29, 0.717) is 45.9 Å². The third-order valence-electron chi connectivity index (χ3n) is 7.15. The lowest BCUT2D eigenvalue weighted by molar-refractivity contribution is 0.0442. The van der Waals surface area contributed by atoms with Crippen LogP contribution in [-0.2, 0) is 4.74 Å². The Labute approximate surface area is 221 Å². The zero-order chi connectivity index (χ0) is 26.3. The van der Waals surface area contributed by atoms with Gasteiger partial charge in [-0.15, -0.1) is 0 Å². The van der Waals surface area contributed by atoms with Crippen molar-refractivity contribution in [3.63, 3.8) is 0 Å². The third kappa shape index (κ3) is 5.39. The molecular formula is C26H33Cl2N5O3. The molecule has 1 aromatic heterocycles. The number of alkyl carbamates (subject to hydrolysis) is 1. The first kappa shape index (κ1) is 26.5. The number of hydrogen-bond donors (Lipinski definition) is 2. The summed E-state index contributed by atoms with van der Waals surface area (Å²) >= 11 is 12.6. The highest BCUT2D eigenvalue weighted by Crippen LogP contribution is 2.47. The lowest BCUT2D eigenvalue weighted by atomic mass is 9.74. The number of nitrogens with one attached hydrogen (secondary N) is 1. The third-order valence-corrected chi connectivity index (χ3v) is 7.97. The fourth-order valence-corrected chi connectivity index (χ4v) is 5.80. The Morgan fingerprint density at radius 3 is 2.50 bits per heavy atom. The van der Waals surface area contributed by atoms with Crippen LogP contribution in [0, 0.1) is 12.3 Å². The van der Waals surface area contributed by atoms with E-state index in [1.165, 1.54) is 0 Å². The second-order valence-corrected chi connectivity index (χ2v) is 11.5. The van der Waals surface area contributed by atoms with Crippen LogP contribution in [0.3, 0.4) is 0 Å². The predicted octanol–water partition coefficient (Wildman–Crippen LogP) is 5.52. The number of anilines is 1. The first-order valence-corrected chi connectivity index (χ1v) is 13.0. The van der Waals surface area contributed by atoms with Crippen LogP contribution in [0.25, 0.3) is 11.3 Å².